The summed E-state index contributed by atoms with van der Waals surface area (Å²) in [5.74, 6) is -0.796. The molecule has 8 heteroatoms. The number of aliphatic carboxylic acids is 1. The molecule has 2 aromatic rings. The molecule has 2 aromatic carbocycles. The lowest BCUT2D eigenvalue weighted by Crippen LogP contribution is -2.63. The molecular formula is C27H30N2O6. The summed E-state index contributed by atoms with van der Waals surface area (Å²) >= 11 is 0. The van der Waals surface area contributed by atoms with Gasteiger partial charge >= 0.3 is 12.1 Å². The van der Waals surface area contributed by atoms with E-state index in [1.807, 2.05) is 51.1 Å². The van der Waals surface area contributed by atoms with Crippen molar-refractivity contribution in [2.75, 3.05) is 13.1 Å². The molecule has 0 aromatic heterocycles. The molecule has 2 aliphatic heterocycles. The molecule has 1 N–H and O–H groups in total. The normalized spacial score (nSPS) is 17.3. The van der Waals surface area contributed by atoms with Crippen LogP contribution in [0.5, 0.6) is 5.75 Å². The number of carboxylic acids is 1. The summed E-state index contributed by atoms with van der Waals surface area (Å²) in [6.07, 6.45) is 2.97. The molecular weight excluding hydrogens is 448 g/mol. The van der Waals surface area contributed by atoms with Crippen LogP contribution < -0.4 is 4.74 Å². The molecule has 0 bridgehead atoms. The van der Waals surface area contributed by atoms with Crippen LogP contribution in [-0.4, -0.2) is 57.3 Å². The van der Waals surface area contributed by atoms with Crippen LogP contribution in [0.2, 0.25) is 0 Å². The summed E-state index contributed by atoms with van der Waals surface area (Å²) in [5, 5.41) is 8.94. The Morgan fingerprint density at radius 3 is 2.43 bits per heavy atom. The monoisotopic (exact) mass is 478 g/mol. The van der Waals surface area contributed by atoms with Gasteiger partial charge in [0.1, 0.15) is 11.4 Å². The second kappa shape index (κ2) is 9.44. The molecule has 0 atom stereocenters. The molecule has 35 heavy (non-hydrogen) atoms. The first kappa shape index (κ1) is 24.3. The summed E-state index contributed by atoms with van der Waals surface area (Å²) in [6, 6.07) is 14.8. The molecule has 0 saturated carbocycles. The molecule has 1 spiro atoms. The maximum Gasteiger partial charge on any atom is 0.410 e. The number of hydrogen-bond donors (Lipinski definition) is 1. The Morgan fingerprint density at radius 2 is 1.80 bits per heavy atom. The number of ether oxygens (including phenoxy) is 2. The van der Waals surface area contributed by atoms with E-state index in [0.29, 0.717) is 49.4 Å². The molecule has 0 aliphatic carbocycles. The highest BCUT2D eigenvalue weighted by Gasteiger charge is 2.49. The van der Waals surface area contributed by atoms with Crippen molar-refractivity contribution in [3.05, 3.63) is 71.3 Å². The van der Waals surface area contributed by atoms with Crippen molar-refractivity contribution in [3.63, 3.8) is 0 Å². The van der Waals surface area contributed by atoms with Crippen LogP contribution in [0.4, 0.5) is 4.79 Å². The molecule has 184 valence electrons. The molecule has 2 heterocycles. The Balaban J connectivity index is 1.64. The lowest BCUT2D eigenvalue weighted by atomic mass is 9.93. The second-order valence-electron chi connectivity index (χ2n) is 9.82. The van der Waals surface area contributed by atoms with Crippen molar-refractivity contribution in [1.82, 2.24) is 9.80 Å². The van der Waals surface area contributed by atoms with Crippen LogP contribution in [0, 0.1) is 0 Å². The van der Waals surface area contributed by atoms with Gasteiger partial charge in [0.15, 0.2) is 5.72 Å². The topological polar surface area (TPSA) is 96.4 Å². The smallest absolute Gasteiger partial charge is 0.410 e. The van der Waals surface area contributed by atoms with Gasteiger partial charge in [0.25, 0.3) is 5.91 Å². The third-order valence-corrected chi connectivity index (χ3v) is 6.07. The van der Waals surface area contributed by atoms with E-state index in [2.05, 4.69) is 0 Å². The number of carbonyl (C=O) groups is 3. The SMILES string of the molecule is CC(C)(C)OC(=O)N1CCC2(CC1)Oc1ccc(/C=C/C(=O)O)cc1C(=O)N2Cc1ccccc1. The van der Waals surface area contributed by atoms with E-state index in [9.17, 15) is 14.4 Å². The van der Waals surface area contributed by atoms with Crippen LogP contribution in [0.25, 0.3) is 6.08 Å². The number of piperidine rings is 1. The summed E-state index contributed by atoms with van der Waals surface area (Å²) in [6.45, 7) is 6.62. The zero-order chi connectivity index (χ0) is 25.2. The predicted octanol–water partition coefficient (Wildman–Crippen LogP) is 4.55. The fraction of sp³-hybridized carbons (Fsp3) is 0.370. The van der Waals surface area contributed by atoms with Crippen LogP contribution in [-0.2, 0) is 16.1 Å². The van der Waals surface area contributed by atoms with Crippen molar-refractivity contribution in [1.29, 1.82) is 0 Å². The van der Waals surface area contributed by atoms with Gasteiger partial charge in [-0.05, 0) is 50.1 Å². The van der Waals surface area contributed by atoms with Crippen molar-refractivity contribution >= 4 is 24.0 Å². The lowest BCUT2D eigenvalue weighted by Gasteiger charge is -2.50. The molecule has 1 saturated heterocycles. The van der Waals surface area contributed by atoms with E-state index >= 15 is 0 Å². The summed E-state index contributed by atoms with van der Waals surface area (Å²) in [7, 11) is 0. The van der Waals surface area contributed by atoms with E-state index in [-0.39, 0.29) is 12.0 Å². The molecule has 0 radical (unpaired) electrons. The Kier molecular flexibility index (Phi) is 6.56. The summed E-state index contributed by atoms with van der Waals surface area (Å²) < 4.78 is 12.0. The van der Waals surface area contributed by atoms with Gasteiger partial charge in [0.2, 0.25) is 0 Å². The van der Waals surface area contributed by atoms with Gasteiger partial charge in [-0.1, -0.05) is 36.4 Å². The molecule has 4 rings (SSSR count). The minimum absolute atomic E-state index is 0.189. The molecule has 2 aliphatic rings. The third-order valence-electron chi connectivity index (χ3n) is 6.07. The first-order valence-electron chi connectivity index (χ1n) is 11.6. The zero-order valence-corrected chi connectivity index (χ0v) is 20.2. The summed E-state index contributed by atoms with van der Waals surface area (Å²) in [5.41, 5.74) is 0.446. The van der Waals surface area contributed by atoms with Crippen LogP contribution in [0.1, 0.15) is 55.1 Å². The Labute approximate surface area is 204 Å². The van der Waals surface area contributed by atoms with Crippen LogP contribution >= 0.6 is 0 Å². The number of likely N-dealkylation sites (tertiary alicyclic amines) is 1. The number of rotatable bonds is 4. The van der Waals surface area contributed by atoms with E-state index in [4.69, 9.17) is 14.6 Å². The number of carboxylic acid groups (broad SMARTS) is 1. The lowest BCUT2D eigenvalue weighted by molar-refractivity contribution is -0.131. The zero-order valence-electron chi connectivity index (χ0n) is 20.2. The Morgan fingerprint density at radius 1 is 1.11 bits per heavy atom. The van der Waals surface area contributed by atoms with Gasteiger partial charge < -0.3 is 19.5 Å². The van der Waals surface area contributed by atoms with Gasteiger partial charge in [-0.2, -0.15) is 0 Å². The third kappa shape index (κ3) is 5.48. The Bertz CT molecular complexity index is 1140. The molecule has 8 nitrogen and oxygen atoms in total. The first-order chi connectivity index (χ1) is 16.6. The largest absolute Gasteiger partial charge is 0.478 e. The first-order valence-corrected chi connectivity index (χ1v) is 11.6. The quantitative estimate of drug-likeness (QED) is 0.648. The van der Waals surface area contributed by atoms with Crippen LogP contribution in [0.15, 0.2) is 54.6 Å². The number of amides is 2. The number of fused-ring (bicyclic) bond motifs is 1. The van der Waals surface area contributed by atoms with Gasteiger partial charge in [0, 0.05) is 38.6 Å². The van der Waals surface area contributed by atoms with E-state index in [1.165, 1.54) is 6.08 Å². The maximum absolute atomic E-state index is 13.8. The van der Waals surface area contributed by atoms with Gasteiger partial charge in [-0.25, -0.2) is 9.59 Å². The number of benzene rings is 2. The fourth-order valence-corrected chi connectivity index (χ4v) is 4.38. The standard InChI is InChI=1S/C27H30N2O6/c1-26(2,3)35-25(33)28-15-13-27(14-16-28)29(18-20-7-5-4-6-8-20)24(32)21-17-19(10-12-23(30)31)9-11-22(21)34-27/h4-12,17H,13-16,18H2,1-3H3,(H,30,31)/b12-10+. The van der Waals surface area contributed by atoms with Crippen molar-refractivity contribution < 1.29 is 29.0 Å². The van der Waals surface area contributed by atoms with Gasteiger partial charge in [-0.3, -0.25) is 9.69 Å². The molecule has 0 unspecified atom stereocenters. The molecule has 2 amide bonds. The second-order valence-corrected chi connectivity index (χ2v) is 9.82. The van der Waals surface area contributed by atoms with Gasteiger partial charge in [-0.15, -0.1) is 0 Å². The van der Waals surface area contributed by atoms with E-state index in [1.54, 1.807) is 28.0 Å². The highest BCUT2D eigenvalue weighted by atomic mass is 16.6. The number of carbonyl (C=O) groups excluding carboxylic acids is 2. The minimum Gasteiger partial charge on any atom is -0.478 e. The molecule has 1 fully saturated rings. The van der Waals surface area contributed by atoms with Gasteiger partial charge in [0.05, 0.1) is 5.56 Å². The number of hydrogen-bond acceptors (Lipinski definition) is 5. The average molecular weight is 479 g/mol. The summed E-state index contributed by atoms with van der Waals surface area (Å²) in [4.78, 5) is 40.7. The van der Waals surface area contributed by atoms with Crippen molar-refractivity contribution in [2.24, 2.45) is 0 Å². The van der Waals surface area contributed by atoms with Crippen molar-refractivity contribution in [3.8, 4) is 5.75 Å². The minimum atomic E-state index is -1.06. The maximum atomic E-state index is 13.8. The highest BCUT2D eigenvalue weighted by molar-refractivity contribution is 5.99. The average Bonchev–Trinajstić information content (AvgIpc) is 2.81. The highest BCUT2D eigenvalue weighted by Crippen LogP contribution is 2.41. The number of nitrogens with zero attached hydrogens (tertiary/aromatic N) is 2. The van der Waals surface area contributed by atoms with E-state index in [0.717, 1.165) is 11.6 Å². The van der Waals surface area contributed by atoms with Crippen molar-refractivity contribution in [2.45, 2.75) is 51.5 Å². The fourth-order valence-electron chi connectivity index (χ4n) is 4.38. The van der Waals surface area contributed by atoms with Crippen LogP contribution in [0.3, 0.4) is 0 Å². The van der Waals surface area contributed by atoms with E-state index < -0.39 is 17.3 Å². The Hall–Kier alpha value is -3.81. The predicted molar refractivity (Wildman–Crippen MR) is 130 cm³/mol.